The highest BCUT2D eigenvalue weighted by atomic mass is 16.1. The first kappa shape index (κ1) is 14.6. The Morgan fingerprint density at radius 3 is 2.79 bits per heavy atom. The van der Waals surface area contributed by atoms with Gasteiger partial charge in [-0.3, -0.25) is 14.6 Å². The zero-order chi connectivity index (χ0) is 16.8. The Morgan fingerprint density at radius 2 is 2.08 bits per heavy atom. The van der Waals surface area contributed by atoms with Crippen molar-refractivity contribution in [2.24, 2.45) is 0 Å². The first-order valence-corrected chi connectivity index (χ1v) is 8.13. The largest absolute Gasteiger partial charge is 0.307 e. The topological polar surface area (TPSA) is 86.9 Å². The van der Waals surface area contributed by atoms with Crippen LogP contribution in [0.4, 0.5) is 0 Å². The molecule has 0 aromatic carbocycles. The maximum absolute atomic E-state index is 12.9. The molecule has 1 fully saturated rings. The first-order chi connectivity index (χ1) is 11.6. The molecular formula is C18H17N5O. The second-order valence-corrected chi connectivity index (χ2v) is 6.37. The van der Waals surface area contributed by atoms with Gasteiger partial charge in [0.15, 0.2) is 0 Å². The number of nitrogens with one attached hydrogen (secondary N) is 1. The minimum atomic E-state index is -0.193. The molecule has 0 saturated heterocycles. The van der Waals surface area contributed by atoms with Crippen molar-refractivity contribution in [1.29, 1.82) is 10.7 Å². The normalized spacial score (nSPS) is 15.2. The van der Waals surface area contributed by atoms with Gasteiger partial charge in [0.25, 0.3) is 5.56 Å². The van der Waals surface area contributed by atoms with Crippen molar-refractivity contribution in [3.63, 3.8) is 0 Å². The number of nitriles is 1. The summed E-state index contributed by atoms with van der Waals surface area (Å²) in [6.07, 6.45) is 5.80. The van der Waals surface area contributed by atoms with Gasteiger partial charge in [0, 0.05) is 12.2 Å². The predicted octanol–water partition coefficient (Wildman–Crippen LogP) is 2.42. The summed E-state index contributed by atoms with van der Waals surface area (Å²) in [6.45, 7) is 1.92. The van der Waals surface area contributed by atoms with Gasteiger partial charge in [-0.1, -0.05) is 18.9 Å². The molecule has 0 bridgehead atoms. The highest BCUT2D eigenvalue weighted by Gasteiger charge is 2.22. The number of rotatable bonds is 1. The van der Waals surface area contributed by atoms with E-state index in [1.54, 1.807) is 10.8 Å². The second-order valence-electron chi connectivity index (χ2n) is 6.37. The molecule has 6 heteroatoms. The fourth-order valence-electron chi connectivity index (χ4n) is 3.66. The van der Waals surface area contributed by atoms with E-state index in [9.17, 15) is 10.1 Å². The summed E-state index contributed by atoms with van der Waals surface area (Å²) in [5.41, 5.74) is 2.21. The molecule has 6 nitrogen and oxygen atoms in total. The Kier molecular flexibility index (Phi) is 3.24. The number of pyridine rings is 2. The quantitative estimate of drug-likeness (QED) is 0.699. The van der Waals surface area contributed by atoms with E-state index in [0.29, 0.717) is 16.7 Å². The average molecular weight is 319 g/mol. The lowest BCUT2D eigenvalue weighted by Crippen LogP contribution is -2.29. The van der Waals surface area contributed by atoms with Crippen LogP contribution in [0.1, 0.15) is 42.9 Å². The van der Waals surface area contributed by atoms with E-state index in [1.165, 1.54) is 10.5 Å². The van der Waals surface area contributed by atoms with Gasteiger partial charge in [-0.05, 0) is 37.5 Å². The molecule has 3 aromatic rings. The van der Waals surface area contributed by atoms with Gasteiger partial charge in [0.1, 0.15) is 22.9 Å². The van der Waals surface area contributed by atoms with E-state index in [-0.39, 0.29) is 22.7 Å². The summed E-state index contributed by atoms with van der Waals surface area (Å²) < 4.78 is 3.32. The van der Waals surface area contributed by atoms with Crippen LogP contribution < -0.4 is 11.0 Å². The van der Waals surface area contributed by atoms with Crippen LogP contribution in [-0.4, -0.2) is 14.0 Å². The standard InChI is InChI=1S/C18H17N5O/c1-11-5-4-8-22-16(11)21-17-14(18(22)24)9-12(10-19)15(20)23(17)13-6-2-3-7-13/h4-5,8-9,13,20H,2-3,6-7H2,1H3. The lowest BCUT2D eigenvalue weighted by Gasteiger charge is -2.18. The van der Waals surface area contributed by atoms with Crippen LogP contribution in [0.25, 0.3) is 16.7 Å². The van der Waals surface area contributed by atoms with Gasteiger partial charge >= 0.3 is 0 Å². The zero-order valence-electron chi connectivity index (χ0n) is 13.4. The van der Waals surface area contributed by atoms with Crippen molar-refractivity contribution in [3.8, 4) is 6.07 Å². The molecule has 1 aliphatic rings. The van der Waals surface area contributed by atoms with Crippen LogP contribution in [0.15, 0.2) is 29.2 Å². The molecule has 0 radical (unpaired) electrons. The van der Waals surface area contributed by atoms with Gasteiger partial charge in [0.2, 0.25) is 0 Å². The summed E-state index contributed by atoms with van der Waals surface area (Å²) in [4.78, 5) is 17.6. The number of hydrogen-bond acceptors (Lipinski definition) is 4. The SMILES string of the molecule is Cc1cccn2c(=O)c3cc(C#N)c(=N)n(C4CCCC4)c3nc12. The maximum atomic E-state index is 12.9. The third-order valence-electron chi connectivity index (χ3n) is 4.89. The number of aryl methyl sites for hydroxylation is 1. The summed E-state index contributed by atoms with van der Waals surface area (Å²) in [5.74, 6) is 0. The number of fused-ring (bicyclic) bond motifs is 2. The molecule has 1 aliphatic carbocycles. The van der Waals surface area contributed by atoms with E-state index in [4.69, 9.17) is 10.4 Å². The lowest BCUT2D eigenvalue weighted by molar-refractivity contribution is 0.506. The molecule has 24 heavy (non-hydrogen) atoms. The highest BCUT2D eigenvalue weighted by Crippen LogP contribution is 2.30. The van der Waals surface area contributed by atoms with Crippen LogP contribution in [0, 0.1) is 23.7 Å². The van der Waals surface area contributed by atoms with Crippen LogP contribution >= 0.6 is 0 Å². The van der Waals surface area contributed by atoms with E-state index in [0.717, 1.165) is 31.2 Å². The average Bonchev–Trinajstić information content (AvgIpc) is 3.10. The summed E-state index contributed by atoms with van der Waals surface area (Å²) in [6, 6.07) is 7.42. The molecule has 1 saturated carbocycles. The molecule has 0 atom stereocenters. The maximum Gasteiger partial charge on any atom is 0.267 e. The van der Waals surface area contributed by atoms with Gasteiger partial charge in [-0.2, -0.15) is 5.26 Å². The molecule has 0 spiro atoms. The molecule has 3 heterocycles. The summed E-state index contributed by atoms with van der Waals surface area (Å²) in [5, 5.41) is 18.2. The number of hydrogen-bond donors (Lipinski definition) is 1. The van der Waals surface area contributed by atoms with E-state index in [2.05, 4.69) is 6.07 Å². The fraction of sp³-hybridized carbons (Fsp3) is 0.333. The van der Waals surface area contributed by atoms with Gasteiger partial charge in [-0.15, -0.1) is 0 Å². The smallest absolute Gasteiger partial charge is 0.267 e. The molecule has 120 valence electrons. The Bertz CT molecular complexity index is 1130. The Labute approximate surface area is 138 Å². The molecule has 0 unspecified atom stereocenters. The van der Waals surface area contributed by atoms with Gasteiger partial charge in [-0.25, -0.2) is 4.98 Å². The lowest BCUT2D eigenvalue weighted by atomic mass is 10.1. The first-order valence-electron chi connectivity index (χ1n) is 8.13. The highest BCUT2D eigenvalue weighted by molar-refractivity contribution is 5.78. The summed E-state index contributed by atoms with van der Waals surface area (Å²) in [7, 11) is 0. The molecule has 1 N–H and O–H groups in total. The van der Waals surface area contributed by atoms with Crippen LogP contribution in [0.3, 0.4) is 0 Å². The number of aromatic nitrogens is 3. The van der Waals surface area contributed by atoms with Crippen molar-refractivity contribution in [3.05, 3.63) is 51.4 Å². The van der Waals surface area contributed by atoms with Gasteiger partial charge < -0.3 is 4.57 Å². The molecule has 0 amide bonds. The van der Waals surface area contributed by atoms with Crippen molar-refractivity contribution in [2.45, 2.75) is 38.6 Å². The van der Waals surface area contributed by atoms with E-state index in [1.807, 2.05) is 19.1 Å². The Morgan fingerprint density at radius 1 is 1.33 bits per heavy atom. The predicted molar refractivity (Wildman–Crippen MR) is 89.8 cm³/mol. The van der Waals surface area contributed by atoms with E-state index >= 15 is 0 Å². The van der Waals surface area contributed by atoms with Crippen molar-refractivity contribution in [2.75, 3.05) is 0 Å². The third-order valence-corrected chi connectivity index (χ3v) is 4.89. The Balaban J connectivity index is 2.23. The Hall–Kier alpha value is -2.94. The van der Waals surface area contributed by atoms with E-state index < -0.39 is 0 Å². The molecule has 4 rings (SSSR count). The number of nitrogens with zero attached hydrogens (tertiary/aromatic N) is 4. The summed E-state index contributed by atoms with van der Waals surface area (Å²) >= 11 is 0. The van der Waals surface area contributed by atoms with Crippen LogP contribution in [0.5, 0.6) is 0 Å². The van der Waals surface area contributed by atoms with Crippen molar-refractivity contribution < 1.29 is 0 Å². The van der Waals surface area contributed by atoms with Crippen LogP contribution in [-0.2, 0) is 0 Å². The minimum Gasteiger partial charge on any atom is -0.307 e. The van der Waals surface area contributed by atoms with Crippen LogP contribution in [0.2, 0.25) is 0 Å². The molecule has 3 aromatic heterocycles. The van der Waals surface area contributed by atoms with Crippen molar-refractivity contribution >= 4 is 16.7 Å². The fourth-order valence-corrected chi connectivity index (χ4v) is 3.66. The van der Waals surface area contributed by atoms with Gasteiger partial charge in [0.05, 0.1) is 10.9 Å². The van der Waals surface area contributed by atoms with Crippen molar-refractivity contribution in [1.82, 2.24) is 14.0 Å². The second kappa shape index (κ2) is 5.31. The molecule has 0 aliphatic heterocycles. The molecular weight excluding hydrogens is 302 g/mol. The monoisotopic (exact) mass is 319 g/mol. The minimum absolute atomic E-state index is 0.131. The third kappa shape index (κ3) is 1.98. The zero-order valence-corrected chi connectivity index (χ0v) is 13.4.